The molecule has 0 atom stereocenters. The summed E-state index contributed by atoms with van der Waals surface area (Å²) < 4.78 is 5.14. The molecule has 0 saturated carbocycles. The summed E-state index contributed by atoms with van der Waals surface area (Å²) in [6.07, 6.45) is 1.45. The molecule has 25 heavy (non-hydrogen) atoms. The largest absolute Gasteiger partial charge is 0.484 e. The second kappa shape index (κ2) is 8.52. The molecule has 0 spiro atoms. The van der Waals surface area contributed by atoms with Gasteiger partial charge in [-0.05, 0) is 48.0 Å². The van der Waals surface area contributed by atoms with Crippen molar-refractivity contribution < 1.29 is 14.3 Å². The fourth-order valence-corrected chi connectivity index (χ4v) is 1.99. The van der Waals surface area contributed by atoms with E-state index in [0.717, 1.165) is 0 Å². The van der Waals surface area contributed by atoms with Crippen LogP contribution in [0.1, 0.15) is 5.56 Å². The van der Waals surface area contributed by atoms with Gasteiger partial charge in [0.15, 0.2) is 6.61 Å². The van der Waals surface area contributed by atoms with E-state index < -0.39 is 11.8 Å². The van der Waals surface area contributed by atoms with Crippen LogP contribution in [0.25, 0.3) is 6.08 Å². The zero-order chi connectivity index (χ0) is 18.2. The van der Waals surface area contributed by atoms with Gasteiger partial charge in [-0.15, -0.1) is 0 Å². The monoisotopic (exact) mass is 355 g/mol. The lowest BCUT2D eigenvalue weighted by Crippen LogP contribution is -2.19. The van der Waals surface area contributed by atoms with E-state index in [9.17, 15) is 14.9 Å². The minimum Gasteiger partial charge on any atom is -0.484 e. The van der Waals surface area contributed by atoms with Crippen molar-refractivity contribution in [3.63, 3.8) is 0 Å². The lowest BCUT2D eigenvalue weighted by atomic mass is 10.1. The molecule has 0 bridgehead atoms. The lowest BCUT2D eigenvalue weighted by Gasteiger charge is -2.05. The topological polar surface area (TPSA) is 105 Å². The number of primary amides is 1. The predicted octanol–water partition coefficient (Wildman–Crippen LogP) is 2.75. The van der Waals surface area contributed by atoms with Crippen LogP contribution in [0.15, 0.2) is 54.1 Å². The Bertz CT molecular complexity index is 837. The molecule has 126 valence electrons. The van der Waals surface area contributed by atoms with Crippen molar-refractivity contribution in [3.05, 3.63) is 64.7 Å². The zero-order valence-electron chi connectivity index (χ0n) is 13.0. The lowest BCUT2D eigenvalue weighted by molar-refractivity contribution is -0.120. The second-order valence-electron chi connectivity index (χ2n) is 4.95. The first-order chi connectivity index (χ1) is 12.0. The van der Waals surface area contributed by atoms with Crippen LogP contribution >= 0.6 is 11.6 Å². The molecule has 2 amide bonds. The maximum Gasteiger partial charge on any atom is 0.266 e. The van der Waals surface area contributed by atoms with Crippen molar-refractivity contribution in [3.8, 4) is 11.8 Å². The predicted molar refractivity (Wildman–Crippen MR) is 94.8 cm³/mol. The number of nitrogens with zero attached hydrogens (tertiary/aromatic N) is 1. The average molecular weight is 356 g/mol. The Morgan fingerprint density at radius 1 is 1.16 bits per heavy atom. The number of benzene rings is 2. The molecule has 0 fully saturated rings. The van der Waals surface area contributed by atoms with E-state index in [1.54, 1.807) is 48.5 Å². The molecule has 0 unspecified atom stereocenters. The number of nitrogens with two attached hydrogens (primary N) is 1. The van der Waals surface area contributed by atoms with Crippen molar-refractivity contribution in [2.75, 3.05) is 11.9 Å². The van der Waals surface area contributed by atoms with E-state index in [2.05, 4.69) is 5.32 Å². The summed E-state index contributed by atoms with van der Waals surface area (Å²) in [6, 6.07) is 15.0. The van der Waals surface area contributed by atoms with Crippen LogP contribution in [0.2, 0.25) is 5.02 Å². The van der Waals surface area contributed by atoms with Crippen LogP contribution in [0, 0.1) is 11.3 Å². The van der Waals surface area contributed by atoms with Gasteiger partial charge >= 0.3 is 0 Å². The minimum atomic E-state index is -0.574. The number of ether oxygens (including phenoxy) is 1. The molecule has 2 aromatic carbocycles. The van der Waals surface area contributed by atoms with Gasteiger partial charge in [-0.25, -0.2) is 0 Å². The molecule has 3 N–H and O–H groups in total. The second-order valence-corrected chi connectivity index (χ2v) is 5.39. The number of halogens is 1. The fraction of sp³-hybridized carbons (Fsp3) is 0.0556. The molecule has 0 aliphatic carbocycles. The smallest absolute Gasteiger partial charge is 0.266 e. The van der Waals surface area contributed by atoms with Crippen molar-refractivity contribution in [1.82, 2.24) is 0 Å². The molecule has 6 nitrogen and oxygen atoms in total. The van der Waals surface area contributed by atoms with Gasteiger partial charge in [-0.1, -0.05) is 23.7 Å². The van der Waals surface area contributed by atoms with Gasteiger partial charge in [-0.3, -0.25) is 9.59 Å². The fourth-order valence-electron chi connectivity index (χ4n) is 1.86. The summed E-state index contributed by atoms with van der Waals surface area (Å²) in [5.74, 6) is -0.645. The number of carbonyl (C=O) groups is 2. The van der Waals surface area contributed by atoms with Crippen molar-refractivity contribution in [2.45, 2.75) is 0 Å². The summed E-state index contributed by atoms with van der Waals surface area (Å²) in [4.78, 5) is 22.8. The Kier molecular flexibility index (Phi) is 6.15. The average Bonchev–Trinajstić information content (AvgIpc) is 2.60. The third-order valence-corrected chi connectivity index (χ3v) is 3.29. The quantitative estimate of drug-likeness (QED) is 0.613. The van der Waals surface area contributed by atoms with E-state index in [4.69, 9.17) is 22.1 Å². The number of amides is 2. The molecular weight excluding hydrogens is 342 g/mol. The number of hydrogen-bond acceptors (Lipinski definition) is 4. The molecular formula is C18H14ClN3O3. The number of anilines is 1. The summed E-state index contributed by atoms with van der Waals surface area (Å²) >= 11 is 5.79. The van der Waals surface area contributed by atoms with Crippen LogP contribution in [0.4, 0.5) is 5.69 Å². The molecule has 0 aliphatic rings. The number of carbonyl (C=O) groups excluding carboxylic acids is 2. The highest BCUT2D eigenvalue weighted by molar-refractivity contribution is 6.30. The highest BCUT2D eigenvalue weighted by Gasteiger charge is 2.09. The minimum absolute atomic E-state index is 0.0549. The number of nitriles is 1. The Morgan fingerprint density at radius 2 is 1.80 bits per heavy atom. The Morgan fingerprint density at radius 3 is 2.36 bits per heavy atom. The van der Waals surface area contributed by atoms with Gasteiger partial charge in [0.25, 0.3) is 11.8 Å². The maximum atomic E-state index is 12.2. The SMILES string of the molecule is N#C/C(=C/c1ccc(OCC(N)=O)cc1)C(=O)Nc1ccc(Cl)cc1. The van der Waals surface area contributed by atoms with Crippen LogP contribution in [-0.2, 0) is 9.59 Å². The molecule has 0 radical (unpaired) electrons. The number of rotatable bonds is 6. The third kappa shape index (κ3) is 5.68. The molecule has 0 aliphatic heterocycles. The first-order valence-corrected chi connectivity index (χ1v) is 7.55. The maximum absolute atomic E-state index is 12.2. The van der Waals surface area contributed by atoms with E-state index in [1.165, 1.54) is 6.08 Å². The van der Waals surface area contributed by atoms with Gasteiger partial charge in [-0.2, -0.15) is 5.26 Å². The first kappa shape index (κ1) is 18.0. The molecule has 0 saturated heterocycles. The van der Waals surface area contributed by atoms with Crippen LogP contribution < -0.4 is 15.8 Å². The summed E-state index contributed by atoms with van der Waals surface area (Å²) in [5.41, 5.74) is 6.11. The van der Waals surface area contributed by atoms with Gasteiger partial charge in [0.05, 0.1) is 0 Å². The van der Waals surface area contributed by atoms with Crippen LogP contribution in [-0.4, -0.2) is 18.4 Å². The first-order valence-electron chi connectivity index (χ1n) is 7.18. The molecule has 0 aromatic heterocycles. The summed E-state index contributed by atoms with van der Waals surface area (Å²) in [5, 5.41) is 12.4. The van der Waals surface area contributed by atoms with Gasteiger partial charge in [0.2, 0.25) is 0 Å². The van der Waals surface area contributed by atoms with E-state index >= 15 is 0 Å². The van der Waals surface area contributed by atoms with Crippen molar-refractivity contribution in [2.24, 2.45) is 5.73 Å². The van der Waals surface area contributed by atoms with Crippen molar-refractivity contribution >= 4 is 35.2 Å². The van der Waals surface area contributed by atoms with E-state index in [0.29, 0.717) is 22.0 Å². The number of nitrogens with one attached hydrogen (secondary N) is 1. The summed E-state index contributed by atoms with van der Waals surface area (Å²) in [7, 11) is 0. The van der Waals surface area contributed by atoms with E-state index in [-0.39, 0.29) is 12.2 Å². The standard InChI is InChI=1S/C18H14ClN3O3/c19-14-3-5-15(6-4-14)22-18(24)13(10-20)9-12-1-7-16(8-2-12)25-11-17(21)23/h1-9H,11H2,(H2,21,23)(H,22,24)/b13-9-. The van der Waals surface area contributed by atoms with Crippen LogP contribution in [0.5, 0.6) is 5.75 Å². The van der Waals surface area contributed by atoms with Crippen LogP contribution in [0.3, 0.4) is 0 Å². The zero-order valence-corrected chi connectivity index (χ0v) is 13.8. The Balaban J connectivity index is 2.08. The Hall–Kier alpha value is -3.30. The molecule has 0 heterocycles. The highest BCUT2D eigenvalue weighted by Crippen LogP contribution is 2.17. The normalized spacial score (nSPS) is 10.6. The highest BCUT2D eigenvalue weighted by atomic mass is 35.5. The van der Waals surface area contributed by atoms with Gasteiger partial charge < -0.3 is 15.8 Å². The third-order valence-electron chi connectivity index (χ3n) is 3.04. The molecule has 2 rings (SSSR count). The molecule has 7 heteroatoms. The van der Waals surface area contributed by atoms with Crippen molar-refractivity contribution in [1.29, 1.82) is 5.26 Å². The van der Waals surface area contributed by atoms with Gasteiger partial charge in [0, 0.05) is 10.7 Å². The van der Waals surface area contributed by atoms with Gasteiger partial charge in [0.1, 0.15) is 17.4 Å². The van der Waals surface area contributed by atoms with E-state index in [1.807, 2.05) is 6.07 Å². The summed E-state index contributed by atoms with van der Waals surface area (Å²) in [6.45, 7) is -0.220. The Labute approximate surface area is 149 Å². The number of hydrogen-bond donors (Lipinski definition) is 2. The molecule has 2 aromatic rings.